The number of aromatic nitrogens is 1. The van der Waals surface area contributed by atoms with Gasteiger partial charge in [0.25, 0.3) is 0 Å². The van der Waals surface area contributed by atoms with Gasteiger partial charge in [0.05, 0.1) is 9.79 Å². The Labute approximate surface area is 85.9 Å². The number of nitrogens with zero attached hydrogens (tertiary/aromatic N) is 1. The fourth-order valence-corrected chi connectivity index (χ4v) is 2.30. The van der Waals surface area contributed by atoms with Gasteiger partial charge in [-0.15, -0.1) is 0 Å². The molecule has 0 spiro atoms. The van der Waals surface area contributed by atoms with Gasteiger partial charge in [0.2, 0.25) is 0 Å². The van der Waals surface area contributed by atoms with Crippen molar-refractivity contribution in [2.75, 3.05) is 0 Å². The van der Waals surface area contributed by atoms with Gasteiger partial charge in [-0.25, -0.2) is 0 Å². The van der Waals surface area contributed by atoms with E-state index in [1.807, 2.05) is 30.5 Å². The minimum atomic E-state index is 0.892. The fourth-order valence-electron chi connectivity index (χ4n) is 1.38. The van der Waals surface area contributed by atoms with Gasteiger partial charge in [-0.1, -0.05) is 23.9 Å². The summed E-state index contributed by atoms with van der Waals surface area (Å²) in [5, 5.41) is 0. The van der Waals surface area contributed by atoms with Crippen molar-refractivity contribution in [3.63, 3.8) is 0 Å². The normalized spacial score (nSPS) is 12.6. The first-order chi connectivity index (χ1) is 6.93. The van der Waals surface area contributed by atoms with E-state index < -0.39 is 0 Å². The largest absolute Gasteiger partial charge is 0.455 e. The van der Waals surface area contributed by atoms with Gasteiger partial charge in [0, 0.05) is 18.5 Å². The van der Waals surface area contributed by atoms with E-state index in [-0.39, 0.29) is 0 Å². The monoisotopic (exact) mass is 201 g/mol. The fraction of sp³-hybridized carbons (Fsp3) is 0. The summed E-state index contributed by atoms with van der Waals surface area (Å²) in [4.78, 5) is 6.29. The van der Waals surface area contributed by atoms with Gasteiger partial charge in [0.1, 0.15) is 11.5 Å². The summed E-state index contributed by atoms with van der Waals surface area (Å²) in [6.07, 6.45) is 3.57. The van der Waals surface area contributed by atoms with Crippen LogP contribution in [0.15, 0.2) is 52.5 Å². The molecule has 0 atom stereocenters. The van der Waals surface area contributed by atoms with E-state index in [1.54, 1.807) is 18.0 Å². The molecule has 3 rings (SSSR count). The van der Waals surface area contributed by atoms with E-state index in [2.05, 4.69) is 11.1 Å². The lowest BCUT2D eigenvalue weighted by molar-refractivity contribution is 0.453. The highest BCUT2D eigenvalue weighted by Crippen LogP contribution is 2.45. The number of hydrogen-bond donors (Lipinski definition) is 0. The van der Waals surface area contributed by atoms with Crippen LogP contribution >= 0.6 is 11.8 Å². The predicted molar refractivity (Wildman–Crippen MR) is 54.9 cm³/mol. The van der Waals surface area contributed by atoms with E-state index in [4.69, 9.17) is 4.74 Å². The van der Waals surface area contributed by atoms with Crippen molar-refractivity contribution in [1.82, 2.24) is 4.98 Å². The van der Waals surface area contributed by atoms with Gasteiger partial charge < -0.3 is 4.74 Å². The highest BCUT2D eigenvalue weighted by atomic mass is 32.2. The van der Waals surface area contributed by atoms with E-state index >= 15 is 0 Å². The molecule has 0 bridgehead atoms. The van der Waals surface area contributed by atoms with Crippen LogP contribution in [0.25, 0.3) is 0 Å². The molecule has 1 aromatic heterocycles. The summed E-state index contributed by atoms with van der Waals surface area (Å²) in [5.41, 5.74) is 0. The number of para-hydroxylation sites is 1. The van der Waals surface area contributed by atoms with Crippen LogP contribution in [0, 0.1) is 0 Å². The van der Waals surface area contributed by atoms with Crippen LogP contribution in [-0.2, 0) is 0 Å². The number of fused-ring (bicyclic) bond motifs is 2. The van der Waals surface area contributed by atoms with Crippen LogP contribution < -0.4 is 4.74 Å². The molecule has 0 radical (unpaired) electrons. The Balaban J connectivity index is 2.12. The predicted octanol–water partition coefficient (Wildman–Crippen LogP) is 3.34. The quantitative estimate of drug-likeness (QED) is 0.557. The highest BCUT2D eigenvalue weighted by molar-refractivity contribution is 7.99. The average molecular weight is 201 g/mol. The van der Waals surface area contributed by atoms with Crippen molar-refractivity contribution in [3.05, 3.63) is 42.7 Å². The van der Waals surface area contributed by atoms with E-state index in [9.17, 15) is 0 Å². The first kappa shape index (κ1) is 7.88. The maximum atomic E-state index is 5.72. The molecule has 0 fully saturated rings. The summed E-state index contributed by atoms with van der Waals surface area (Å²) in [5.74, 6) is 1.82. The average Bonchev–Trinajstić information content (AvgIpc) is 2.26. The SMILES string of the molecule is c1ccc2c(c1)Oc1ccncc1S2. The molecule has 3 heteroatoms. The molecule has 1 aliphatic rings. The zero-order chi connectivity index (χ0) is 9.38. The van der Waals surface area contributed by atoms with Gasteiger partial charge in [-0.2, -0.15) is 0 Å². The van der Waals surface area contributed by atoms with Crippen molar-refractivity contribution in [2.24, 2.45) is 0 Å². The molecule has 0 unspecified atom stereocenters. The van der Waals surface area contributed by atoms with Crippen LogP contribution in [0.1, 0.15) is 0 Å². The zero-order valence-electron chi connectivity index (χ0n) is 7.31. The molecule has 1 aromatic carbocycles. The second-order valence-corrected chi connectivity index (χ2v) is 4.06. The molecule has 0 amide bonds. The maximum absolute atomic E-state index is 5.72. The first-order valence-corrected chi connectivity index (χ1v) is 5.14. The maximum Gasteiger partial charge on any atom is 0.144 e. The molecule has 2 nitrogen and oxygen atoms in total. The van der Waals surface area contributed by atoms with Crippen molar-refractivity contribution in [1.29, 1.82) is 0 Å². The van der Waals surface area contributed by atoms with E-state index in [0.29, 0.717) is 0 Å². The van der Waals surface area contributed by atoms with Crippen molar-refractivity contribution in [2.45, 2.75) is 9.79 Å². The van der Waals surface area contributed by atoms with Gasteiger partial charge >= 0.3 is 0 Å². The second kappa shape index (κ2) is 3.03. The van der Waals surface area contributed by atoms with E-state index in [0.717, 1.165) is 21.3 Å². The van der Waals surface area contributed by atoms with Gasteiger partial charge in [-0.05, 0) is 12.1 Å². The lowest BCUT2D eigenvalue weighted by Gasteiger charge is -2.18. The summed E-state index contributed by atoms with van der Waals surface area (Å²) >= 11 is 1.69. The molecule has 0 saturated heterocycles. The van der Waals surface area contributed by atoms with Crippen molar-refractivity contribution in [3.8, 4) is 11.5 Å². The molecule has 68 valence electrons. The summed E-state index contributed by atoms with van der Waals surface area (Å²) in [6, 6.07) is 9.90. The van der Waals surface area contributed by atoms with Crippen molar-refractivity contribution >= 4 is 11.8 Å². The molecule has 14 heavy (non-hydrogen) atoms. The molecule has 2 aromatic rings. The third-order valence-electron chi connectivity index (χ3n) is 2.04. The van der Waals surface area contributed by atoms with Crippen molar-refractivity contribution < 1.29 is 4.74 Å². The van der Waals surface area contributed by atoms with Crippen LogP contribution in [0.5, 0.6) is 11.5 Å². The Hall–Kier alpha value is -1.48. The molecule has 1 aliphatic heterocycles. The number of pyridine rings is 1. The Kier molecular flexibility index (Phi) is 1.70. The van der Waals surface area contributed by atoms with Crippen LogP contribution in [0.3, 0.4) is 0 Å². The Morgan fingerprint density at radius 3 is 2.86 bits per heavy atom. The summed E-state index contributed by atoms with van der Waals surface area (Å²) < 4.78 is 5.72. The van der Waals surface area contributed by atoms with Crippen LogP contribution in [0.2, 0.25) is 0 Å². The highest BCUT2D eigenvalue weighted by Gasteiger charge is 2.16. The van der Waals surface area contributed by atoms with Gasteiger partial charge in [0.15, 0.2) is 0 Å². The third-order valence-corrected chi connectivity index (χ3v) is 3.12. The summed E-state index contributed by atoms with van der Waals surface area (Å²) in [7, 11) is 0. The third kappa shape index (κ3) is 1.17. The molecule has 0 saturated carbocycles. The molecule has 0 aliphatic carbocycles. The second-order valence-electron chi connectivity index (χ2n) is 2.97. The molecule has 0 N–H and O–H groups in total. The molecule has 2 heterocycles. The minimum absolute atomic E-state index is 0.892. The Morgan fingerprint density at radius 1 is 1.00 bits per heavy atom. The Morgan fingerprint density at radius 2 is 1.86 bits per heavy atom. The first-order valence-electron chi connectivity index (χ1n) is 4.32. The van der Waals surface area contributed by atoms with Crippen LogP contribution in [0.4, 0.5) is 0 Å². The number of benzene rings is 1. The standard InChI is InChI=1S/C11H7NOS/c1-2-4-10-8(3-1)13-9-5-6-12-7-11(9)14-10/h1-7H. The smallest absolute Gasteiger partial charge is 0.144 e. The lowest BCUT2D eigenvalue weighted by atomic mass is 10.3. The molecular weight excluding hydrogens is 194 g/mol. The topological polar surface area (TPSA) is 22.1 Å². The zero-order valence-corrected chi connectivity index (χ0v) is 8.12. The summed E-state index contributed by atoms with van der Waals surface area (Å²) in [6.45, 7) is 0. The minimum Gasteiger partial charge on any atom is -0.455 e. The molecular formula is C11H7NOS. The van der Waals surface area contributed by atoms with Crippen LogP contribution in [-0.4, -0.2) is 4.98 Å². The number of ether oxygens (including phenoxy) is 1. The lowest BCUT2D eigenvalue weighted by Crippen LogP contribution is -1.94. The van der Waals surface area contributed by atoms with Gasteiger partial charge in [-0.3, -0.25) is 4.98 Å². The van der Waals surface area contributed by atoms with E-state index in [1.165, 1.54) is 0 Å². The Bertz CT molecular complexity index is 397. The number of rotatable bonds is 0. The number of hydrogen-bond acceptors (Lipinski definition) is 3.